The number of urea groups is 1. The fraction of sp³-hybridized carbons (Fsp3) is 0.355. The summed E-state index contributed by atoms with van der Waals surface area (Å²) < 4.78 is 11.7. The lowest BCUT2D eigenvalue weighted by Gasteiger charge is -2.34. The molecule has 0 radical (unpaired) electrons. The zero-order valence-corrected chi connectivity index (χ0v) is 24.2. The highest BCUT2D eigenvalue weighted by molar-refractivity contribution is 6.04. The van der Waals surface area contributed by atoms with Gasteiger partial charge in [-0.25, -0.2) is 4.79 Å². The van der Waals surface area contributed by atoms with E-state index in [1.54, 1.807) is 80.6 Å². The molecule has 0 fully saturated rings. The lowest BCUT2D eigenvalue weighted by atomic mass is 10.0. The molecule has 1 aliphatic heterocycles. The number of aliphatic hydroxyl groups is 1. The number of nitrogens with zero attached hydrogens (tertiary/aromatic N) is 3. The number of nitrogens with one attached hydrogen (secondary N) is 2. The average Bonchev–Trinajstić information content (AvgIpc) is 3.04. The monoisotopic (exact) mass is 575 g/mol. The topological polar surface area (TPSA) is 133 Å². The van der Waals surface area contributed by atoms with E-state index in [-0.39, 0.29) is 43.3 Å². The number of anilines is 2. The van der Waals surface area contributed by atoms with Gasteiger partial charge in [-0.3, -0.25) is 14.6 Å². The molecule has 42 heavy (non-hydrogen) atoms. The average molecular weight is 576 g/mol. The molecule has 0 bridgehead atoms. The zero-order valence-electron chi connectivity index (χ0n) is 24.2. The highest BCUT2D eigenvalue weighted by Gasteiger charge is 2.32. The van der Waals surface area contributed by atoms with Crippen LogP contribution in [-0.2, 0) is 11.2 Å². The Bertz CT molecular complexity index is 1380. The molecule has 3 atom stereocenters. The van der Waals surface area contributed by atoms with Gasteiger partial charge in [0, 0.05) is 54.4 Å². The van der Waals surface area contributed by atoms with Gasteiger partial charge in [0.15, 0.2) is 0 Å². The number of carbonyl (C=O) groups excluding carboxylic acids is 3. The fourth-order valence-electron chi connectivity index (χ4n) is 4.68. The van der Waals surface area contributed by atoms with Crippen LogP contribution in [0.25, 0.3) is 0 Å². The smallest absolute Gasteiger partial charge is 0.321 e. The van der Waals surface area contributed by atoms with Gasteiger partial charge in [-0.05, 0) is 61.5 Å². The second-order valence-corrected chi connectivity index (χ2v) is 10.4. The fourth-order valence-corrected chi connectivity index (χ4v) is 4.68. The Morgan fingerprint density at radius 1 is 1.12 bits per heavy atom. The molecule has 11 nitrogen and oxygen atoms in total. The third-order valence-electron chi connectivity index (χ3n) is 7.26. The number of hydrogen-bond acceptors (Lipinski definition) is 7. The summed E-state index contributed by atoms with van der Waals surface area (Å²) in [4.78, 5) is 46.3. The van der Waals surface area contributed by atoms with Crippen LogP contribution >= 0.6 is 0 Å². The van der Waals surface area contributed by atoms with Crippen molar-refractivity contribution < 1.29 is 29.0 Å². The van der Waals surface area contributed by atoms with Crippen LogP contribution in [0.15, 0.2) is 67.0 Å². The molecule has 0 saturated carbocycles. The molecule has 4 rings (SSSR count). The molecule has 0 unspecified atom stereocenters. The van der Waals surface area contributed by atoms with E-state index in [0.717, 1.165) is 0 Å². The number of amides is 4. The Kier molecular flexibility index (Phi) is 9.98. The maximum Gasteiger partial charge on any atom is 0.321 e. The molecule has 3 aromatic rings. The summed E-state index contributed by atoms with van der Waals surface area (Å²) in [6.07, 6.45) is 2.62. The van der Waals surface area contributed by atoms with E-state index in [0.29, 0.717) is 40.5 Å². The van der Waals surface area contributed by atoms with E-state index < -0.39 is 12.1 Å². The largest absolute Gasteiger partial charge is 0.497 e. The Hall–Kier alpha value is -4.64. The number of hydrogen-bond donors (Lipinski definition) is 3. The number of ether oxygens (including phenoxy) is 2. The summed E-state index contributed by atoms with van der Waals surface area (Å²) in [5.41, 5.74) is 2.17. The van der Waals surface area contributed by atoms with Crippen LogP contribution in [0, 0.1) is 5.92 Å². The maximum absolute atomic E-state index is 13.5. The molecule has 2 aromatic carbocycles. The van der Waals surface area contributed by atoms with Crippen LogP contribution < -0.4 is 20.1 Å². The predicted octanol–water partition coefficient (Wildman–Crippen LogP) is 3.66. The van der Waals surface area contributed by atoms with Crippen molar-refractivity contribution in [2.24, 2.45) is 5.92 Å². The van der Waals surface area contributed by atoms with Gasteiger partial charge in [0.05, 0.1) is 32.7 Å². The number of carbonyl (C=O) groups is 3. The molecule has 222 valence electrons. The van der Waals surface area contributed by atoms with Crippen molar-refractivity contribution in [3.05, 3.63) is 78.1 Å². The number of pyridine rings is 1. The molecule has 0 spiro atoms. The van der Waals surface area contributed by atoms with E-state index in [1.165, 1.54) is 17.3 Å². The molecular formula is C31H37N5O6. The highest BCUT2D eigenvalue weighted by Crippen LogP contribution is 2.29. The number of methoxy groups -OCH3 is 1. The molecule has 2 heterocycles. The van der Waals surface area contributed by atoms with Gasteiger partial charge in [-0.15, -0.1) is 0 Å². The molecular weight excluding hydrogens is 538 g/mol. The quantitative estimate of drug-likeness (QED) is 0.373. The van der Waals surface area contributed by atoms with Gasteiger partial charge in [0.25, 0.3) is 5.91 Å². The lowest BCUT2D eigenvalue weighted by Crippen LogP contribution is -2.48. The van der Waals surface area contributed by atoms with E-state index in [1.807, 2.05) is 6.92 Å². The number of fused-ring (bicyclic) bond motifs is 1. The van der Waals surface area contributed by atoms with Gasteiger partial charge in [0.1, 0.15) is 17.6 Å². The van der Waals surface area contributed by atoms with Crippen molar-refractivity contribution >= 4 is 29.2 Å². The van der Waals surface area contributed by atoms with Crippen molar-refractivity contribution in [1.29, 1.82) is 0 Å². The van der Waals surface area contributed by atoms with Crippen LogP contribution in [-0.4, -0.2) is 83.7 Å². The number of rotatable bonds is 8. The third kappa shape index (κ3) is 7.55. The molecule has 11 heteroatoms. The van der Waals surface area contributed by atoms with E-state index in [9.17, 15) is 19.5 Å². The van der Waals surface area contributed by atoms with E-state index in [4.69, 9.17) is 9.47 Å². The van der Waals surface area contributed by atoms with E-state index in [2.05, 4.69) is 15.6 Å². The number of aromatic nitrogens is 1. The van der Waals surface area contributed by atoms with Crippen molar-refractivity contribution in [3.8, 4) is 11.5 Å². The summed E-state index contributed by atoms with van der Waals surface area (Å²) in [5, 5.41) is 15.6. The minimum absolute atomic E-state index is 0.0197. The molecule has 0 aliphatic carbocycles. The van der Waals surface area contributed by atoms with Gasteiger partial charge in [-0.2, -0.15) is 0 Å². The Labute approximate surface area is 245 Å². The van der Waals surface area contributed by atoms with Crippen LogP contribution in [0.1, 0.15) is 29.8 Å². The van der Waals surface area contributed by atoms with Crippen molar-refractivity contribution in [3.63, 3.8) is 0 Å². The van der Waals surface area contributed by atoms with Crippen molar-refractivity contribution in [2.75, 3.05) is 44.5 Å². The van der Waals surface area contributed by atoms with Crippen LogP contribution in [0.3, 0.4) is 0 Å². The molecule has 1 aromatic heterocycles. The summed E-state index contributed by atoms with van der Waals surface area (Å²) in [6.45, 7) is 4.12. The first-order valence-corrected chi connectivity index (χ1v) is 13.8. The Morgan fingerprint density at radius 3 is 2.48 bits per heavy atom. The van der Waals surface area contributed by atoms with Crippen molar-refractivity contribution in [2.45, 2.75) is 32.4 Å². The summed E-state index contributed by atoms with van der Waals surface area (Å²) in [6, 6.07) is 14.7. The maximum atomic E-state index is 13.5. The number of benzene rings is 2. The number of aliphatic hydroxyl groups excluding tert-OH is 1. The first-order chi connectivity index (χ1) is 20.2. The number of likely N-dealkylation sites (N-methyl/N-ethyl adjacent to an activating group) is 1. The van der Waals surface area contributed by atoms with Crippen LogP contribution in [0.2, 0.25) is 0 Å². The third-order valence-corrected chi connectivity index (χ3v) is 7.26. The Balaban J connectivity index is 1.57. The first kappa shape index (κ1) is 30.3. The SMILES string of the molecule is COc1ccc(NC(=O)N(C)C[C@H]2Oc3ccc(NC(=O)c4ccncc4)cc3CC(=O)N([C@@H](C)CO)C[C@@H]2C)cc1. The second-order valence-electron chi connectivity index (χ2n) is 10.4. The minimum atomic E-state index is -0.480. The summed E-state index contributed by atoms with van der Waals surface area (Å²) in [7, 11) is 3.26. The van der Waals surface area contributed by atoms with Gasteiger partial charge >= 0.3 is 6.03 Å². The summed E-state index contributed by atoms with van der Waals surface area (Å²) >= 11 is 0. The van der Waals surface area contributed by atoms with Crippen LogP contribution in [0.5, 0.6) is 11.5 Å². The van der Waals surface area contributed by atoms with Gasteiger partial charge < -0.3 is 35.0 Å². The second kappa shape index (κ2) is 13.8. The normalized spacial score (nSPS) is 17.5. The highest BCUT2D eigenvalue weighted by atomic mass is 16.5. The predicted molar refractivity (Wildman–Crippen MR) is 159 cm³/mol. The lowest BCUT2D eigenvalue weighted by molar-refractivity contribution is -0.134. The molecule has 4 amide bonds. The molecule has 0 saturated heterocycles. The Morgan fingerprint density at radius 2 is 1.81 bits per heavy atom. The zero-order chi connectivity index (χ0) is 30.2. The van der Waals surface area contributed by atoms with Crippen LogP contribution in [0.4, 0.5) is 16.2 Å². The molecule has 3 N–H and O–H groups in total. The standard InChI is InChI=1S/C31H37N5O6/c1-20-17-36(21(2)19-37)29(38)16-23-15-25(33-30(39)22-11-13-32-14-12-22)7-10-27(23)42-28(20)18-35(3)31(40)34-24-5-8-26(41-4)9-6-24/h5-15,20-21,28,37H,16-19H2,1-4H3,(H,33,39)(H,34,40)/t20-,21-,28+/m0/s1. The van der Waals surface area contributed by atoms with Crippen molar-refractivity contribution in [1.82, 2.24) is 14.8 Å². The minimum Gasteiger partial charge on any atom is -0.497 e. The summed E-state index contributed by atoms with van der Waals surface area (Å²) in [5.74, 6) is 0.515. The van der Waals surface area contributed by atoms with Gasteiger partial charge in [-0.1, -0.05) is 6.92 Å². The van der Waals surface area contributed by atoms with Gasteiger partial charge in [0.2, 0.25) is 5.91 Å². The molecule has 1 aliphatic rings. The first-order valence-electron chi connectivity index (χ1n) is 13.8. The van der Waals surface area contributed by atoms with E-state index >= 15 is 0 Å².